The molecule has 0 spiro atoms. The largest absolute Gasteiger partial charge is 0.480 e. The minimum atomic E-state index is -1.23. The van der Waals surface area contributed by atoms with Crippen LogP contribution in [0.4, 0.5) is 0 Å². The van der Waals surface area contributed by atoms with Crippen molar-refractivity contribution in [3.05, 3.63) is 0 Å². The normalized spacial score (nSPS) is 9.76. The summed E-state index contributed by atoms with van der Waals surface area (Å²) in [5.41, 5.74) is 0. The maximum atomic E-state index is 11.6. The molecule has 0 aromatic carbocycles. The highest BCUT2D eigenvalue weighted by Crippen LogP contribution is 2.19. The Morgan fingerprint density at radius 2 is 0.647 bits per heavy atom. The average molecular weight is 525 g/mol. The second kappa shape index (κ2) is 18.0. The van der Waals surface area contributed by atoms with E-state index in [4.69, 9.17) is 10.2 Å². The fraction of sp³-hybridized carbons (Fsp3) is 0.500. The number of nitrogens with one attached hydrogen (secondary N) is 6. The Balaban J connectivity index is 3.79. The Morgan fingerprint density at radius 3 is 0.912 bits per heavy atom. The molecule has 0 aliphatic heterocycles. The summed E-state index contributed by atoms with van der Waals surface area (Å²) in [6.45, 7) is -2.86. The standard InChI is InChI=1S/C16H24N6O10S2/c23-9(17-1-11(25)21-5-15(29)30)3-19-13(27)7-33-34-8-14(28)20-4-10(24)18-2-12(26)22-6-16(31)32/h1-8H2,(H,17,23)(H,18,24)(H,19,27)(H,20,28)(H,21,25)(H,22,26)(H,29,30)(H,31,32). The molecule has 18 heteroatoms. The van der Waals surface area contributed by atoms with Crippen molar-refractivity contribution in [1.82, 2.24) is 31.9 Å². The molecule has 0 saturated carbocycles. The van der Waals surface area contributed by atoms with Crippen molar-refractivity contribution < 1.29 is 48.6 Å². The van der Waals surface area contributed by atoms with Gasteiger partial charge in [-0.05, 0) is 0 Å². The molecule has 0 aliphatic rings. The molecule has 0 fully saturated rings. The fourth-order valence-electron chi connectivity index (χ4n) is 1.61. The first kappa shape index (κ1) is 30.5. The Hall–Kier alpha value is -3.54. The molecule has 0 atom stereocenters. The van der Waals surface area contributed by atoms with Crippen molar-refractivity contribution >= 4 is 69.0 Å². The number of rotatable bonds is 17. The van der Waals surface area contributed by atoms with Gasteiger partial charge in [-0.1, -0.05) is 21.6 Å². The fourth-order valence-corrected chi connectivity index (χ4v) is 3.33. The summed E-state index contributed by atoms with van der Waals surface area (Å²) >= 11 is 0. The maximum Gasteiger partial charge on any atom is 0.322 e. The van der Waals surface area contributed by atoms with Crippen molar-refractivity contribution in [2.75, 3.05) is 50.8 Å². The second-order valence-electron chi connectivity index (χ2n) is 5.97. The van der Waals surface area contributed by atoms with Gasteiger partial charge in [0.1, 0.15) is 13.1 Å². The number of carbonyl (C=O) groups excluding carboxylic acids is 6. The topological polar surface area (TPSA) is 249 Å². The van der Waals surface area contributed by atoms with Crippen molar-refractivity contribution in [2.45, 2.75) is 0 Å². The molecule has 0 unspecified atom stereocenters. The van der Waals surface area contributed by atoms with Crippen LogP contribution < -0.4 is 31.9 Å². The SMILES string of the molecule is O=C(O)CNC(=O)CNC(=O)CNC(=O)CSSCC(=O)NCC(=O)NCC(=O)NCC(=O)O. The van der Waals surface area contributed by atoms with Gasteiger partial charge in [-0.15, -0.1) is 0 Å². The van der Waals surface area contributed by atoms with Gasteiger partial charge in [0.25, 0.3) is 0 Å². The predicted molar refractivity (Wildman–Crippen MR) is 118 cm³/mol. The molecule has 0 aromatic rings. The van der Waals surface area contributed by atoms with Crippen LogP contribution in [0.15, 0.2) is 0 Å². The monoisotopic (exact) mass is 524 g/mol. The van der Waals surface area contributed by atoms with E-state index in [1.807, 2.05) is 10.6 Å². The first-order valence-corrected chi connectivity index (χ1v) is 11.8. The predicted octanol–water partition coefficient (Wildman–Crippen LogP) is -4.77. The Bertz CT molecular complexity index is 730. The molecule has 34 heavy (non-hydrogen) atoms. The van der Waals surface area contributed by atoms with Crippen LogP contribution in [-0.2, 0) is 38.4 Å². The lowest BCUT2D eigenvalue weighted by molar-refractivity contribution is -0.138. The number of aliphatic carboxylic acids is 2. The van der Waals surface area contributed by atoms with Crippen molar-refractivity contribution in [3.63, 3.8) is 0 Å². The molecule has 0 heterocycles. The summed E-state index contributed by atoms with van der Waals surface area (Å²) in [4.78, 5) is 89.4. The highest BCUT2D eigenvalue weighted by atomic mass is 33.1. The molecule has 190 valence electrons. The molecule has 0 bridgehead atoms. The van der Waals surface area contributed by atoms with E-state index in [9.17, 15) is 38.4 Å². The second-order valence-corrected chi connectivity index (χ2v) is 8.44. The van der Waals surface area contributed by atoms with Crippen LogP contribution in [0.5, 0.6) is 0 Å². The molecule has 0 radical (unpaired) electrons. The summed E-state index contributed by atoms with van der Waals surface area (Å²) in [5.74, 6) is -6.39. The van der Waals surface area contributed by atoms with E-state index in [0.29, 0.717) is 0 Å². The molecular formula is C16H24N6O10S2. The van der Waals surface area contributed by atoms with Gasteiger partial charge in [0, 0.05) is 0 Å². The van der Waals surface area contributed by atoms with Gasteiger partial charge in [0.05, 0.1) is 37.7 Å². The van der Waals surface area contributed by atoms with E-state index < -0.39 is 86.7 Å². The van der Waals surface area contributed by atoms with Crippen LogP contribution in [0.3, 0.4) is 0 Å². The number of hydrogen-bond donors (Lipinski definition) is 8. The van der Waals surface area contributed by atoms with E-state index in [2.05, 4.69) is 21.3 Å². The van der Waals surface area contributed by atoms with Crippen molar-refractivity contribution in [2.24, 2.45) is 0 Å². The average Bonchev–Trinajstić information content (AvgIpc) is 2.78. The van der Waals surface area contributed by atoms with E-state index in [1.165, 1.54) is 0 Å². The van der Waals surface area contributed by atoms with Crippen molar-refractivity contribution in [1.29, 1.82) is 0 Å². The summed E-state index contributed by atoms with van der Waals surface area (Å²) in [5, 5.41) is 29.9. The third kappa shape index (κ3) is 19.2. The zero-order valence-electron chi connectivity index (χ0n) is 17.6. The quantitative estimate of drug-likeness (QED) is 0.0660. The lowest BCUT2D eigenvalue weighted by Crippen LogP contribution is -2.43. The van der Waals surface area contributed by atoms with Gasteiger partial charge in [-0.2, -0.15) is 0 Å². The summed E-state index contributed by atoms with van der Waals surface area (Å²) in [7, 11) is 2.03. The maximum absolute atomic E-state index is 11.6. The van der Waals surface area contributed by atoms with E-state index in [0.717, 1.165) is 21.6 Å². The van der Waals surface area contributed by atoms with Crippen molar-refractivity contribution in [3.8, 4) is 0 Å². The Morgan fingerprint density at radius 1 is 0.412 bits per heavy atom. The molecule has 16 nitrogen and oxygen atoms in total. The molecular weight excluding hydrogens is 500 g/mol. The molecule has 6 amide bonds. The highest BCUT2D eigenvalue weighted by Gasteiger charge is 2.11. The first-order chi connectivity index (χ1) is 16.0. The first-order valence-electron chi connectivity index (χ1n) is 9.27. The lowest BCUT2D eigenvalue weighted by Gasteiger charge is -2.08. The summed E-state index contributed by atoms with van der Waals surface area (Å²) in [6.07, 6.45) is 0. The van der Waals surface area contributed by atoms with Crippen LogP contribution in [0.1, 0.15) is 0 Å². The number of carbonyl (C=O) groups is 8. The van der Waals surface area contributed by atoms with Gasteiger partial charge < -0.3 is 42.1 Å². The third-order valence-corrected chi connectivity index (χ3v) is 5.26. The molecule has 0 aliphatic carbocycles. The molecule has 8 N–H and O–H groups in total. The minimum Gasteiger partial charge on any atom is -0.480 e. The van der Waals surface area contributed by atoms with Gasteiger partial charge in [-0.3, -0.25) is 38.4 Å². The van der Waals surface area contributed by atoms with Crippen LogP contribution in [0, 0.1) is 0 Å². The summed E-state index contributed by atoms with van der Waals surface area (Å²) in [6, 6.07) is 0. The molecule has 0 aromatic heterocycles. The van der Waals surface area contributed by atoms with Crippen LogP contribution in [-0.4, -0.2) is 108 Å². The Kier molecular flexibility index (Phi) is 16.1. The zero-order valence-corrected chi connectivity index (χ0v) is 19.3. The number of carboxylic acids is 2. The van der Waals surface area contributed by atoms with Gasteiger partial charge in [0.15, 0.2) is 0 Å². The van der Waals surface area contributed by atoms with Gasteiger partial charge >= 0.3 is 11.9 Å². The number of hydrogen-bond acceptors (Lipinski definition) is 10. The minimum absolute atomic E-state index is 0.0870. The lowest BCUT2D eigenvalue weighted by atomic mass is 10.5. The molecule has 0 rings (SSSR count). The van der Waals surface area contributed by atoms with Gasteiger partial charge in [0.2, 0.25) is 35.4 Å². The van der Waals surface area contributed by atoms with Crippen LogP contribution in [0.2, 0.25) is 0 Å². The zero-order chi connectivity index (χ0) is 25.9. The summed E-state index contributed by atoms with van der Waals surface area (Å²) < 4.78 is 0. The van der Waals surface area contributed by atoms with Crippen LogP contribution >= 0.6 is 21.6 Å². The van der Waals surface area contributed by atoms with Crippen LogP contribution in [0.25, 0.3) is 0 Å². The van der Waals surface area contributed by atoms with E-state index >= 15 is 0 Å². The highest BCUT2D eigenvalue weighted by molar-refractivity contribution is 8.77. The number of amides is 6. The third-order valence-electron chi connectivity index (χ3n) is 3.12. The molecule has 0 saturated heterocycles. The van der Waals surface area contributed by atoms with E-state index in [-0.39, 0.29) is 11.5 Å². The Labute approximate surface area is 200 Å². The smallest absolute Gasteiger partial charge is 0.322 e. The number of carboxylic acid groups (broad SMARTS) is 2. The van der Waals surface area contributed by atoms with Gasteiger partial charge in [-0.25, -0.2) is 0 Å². The van der Waals surface area contributed by atoms with E-state index in [1.54, 1.807) is 0 Å².